The van der Waals surface area contributed by atoms with Gasteiger partial charge in [-0.1, -0.05) is 45.0 Å². The van der Waals surface area contributed by atoms with Gasteiger partial charge in [-0.25, -0.2) is 0 Å². The summed E-state index contributed by atoms with van der Waals surface area (Å²) >= 11 is 4.34. The molecule has 0 unspecified atom stereocenters. The van der Waals surface area contributed by atoms with Crippen molar-refractivity contribution in [2.24, 2.45) is 4.99 Å². The number of aromatic hydroxyl groups is 1. The van der Waals surface area contributed by atoms with Gasteiger partial charge in [0.15, 0.2) is 0 Å². The quantitative estimate of drug-likeness (QED) is 0.519. The van der Waals surface area contributed by atoms with Crippen LogP contribution in [-0.2, 0) is 11.3 Å². The monoisotopic (exact) mass is 497 g/mol. The van der Waals surface area contributed by atoms with Gasteiger partial charge in [0.1, 0.15) is 6.54 Å². The zero-order chi connectivity index (χ0) is 22.3. The van der Waals surface area contributed by atoms with Gasteiger partial charge in [0.2, 0.25) is 11.8 Å². The molecule has 6 nitrogen and oxygen atoms in total. The van der Waals surface area contributed by atoms with Crippen LogP contribution in [0.1, 0.15) is 27.1 Å². The number of nitrogens with zero attached hydrogens (tertiary/aromatic N) is 2. The molecule has 0 saturated heterocycles. The van der Waals surface area contributed by atoms with Crippen LogP contribution in [0.3, 0.4) is 0 Å². The van der Waals surface area contributed by atoms with E-state index < -0.39 is 4.87 Å². The van der Waals surface area contributed by atoms with E-state index in [1.807, 2.05) is 51.1 Å². The van der Waals surface area contributed by atoms with Gasteiger partial charge in [-0.3, -0.25) is 19.1 Å². The molecule has 2 N–H and O–H groups in total. The Bertz CT molecular complexity index is 1310. The zero-order valence-electron chi connectivity index (χ0n) is 17.2. The van der Waals surface area contributed by atoms with Crippen LogP contribution in [0.15, 0.2) is 44.6 Å². The van der Waals surface area contributed by atoms with Gasteiger partial charge in [-0.15, -0.1) is 0 Å². The zero-order valence-corrected chi connectivity index (χ0v) is 19.6. The van der Waals surface area contributed by atoms with Crippen LogP contribution in [-0.4, -0.2) is 21.8 Å². The molecular formula is C23H20BrN3O3S. The second-order valence-corrected chi connectivity index (χ2v) is 9.39. The van der Waals surface area contributed by atoms with E-state index >= 15 is 0 Å². The highest BCUT2D eigenvalue weighted by Gasteiger charge is 2.19. The Morgan fingerprint density at radius 1 is 1.23 bits per heavy atom. The van der Waals surface area contributed by atoms with E-state index in [4.69, 9.17) is 0 Å². The molecule has 1 aliphatic heterocycles. The lowest BCUT2D eigenvalue weighted by Gasteiger charge is -2.13. The molecule has 0 radical (unpaired) electrons. The molecule has 1 aliphatic rings. The number of rotatable bonds is 4. The largest absolute Gasteiger partial charge is 0.493 e. The van der Waals surface area contributed by atoms with Crippen molar-refractivity contribution in [1.82, 2.24) is 4.57 Å². The Morgan fingerprint density at radius 2 is 1.94 bits per heavy atom. The van der Waals surface area contributed by atoms with Crippen molar-refractivity contribution in [2.45, 2.75) is 27.3 Å². The molecular weight excluding hydrogens is 478 g/mol. The molecule has 1 aromatic heterocycles. The fourth-order valence-corrected chi connectivity index (χ4v) is 4.86. The molecule has 2 aromatic carbocycles. The highest BCUT2D eigenvalue weighted by Crippen LogP contribution is 2.36. The van der Waals surface area contributed by atoms with Crippen LogP contribution < -0.4 is 10.2 Å². The van der Waals surface area contributed by atoms with E-state index in [2.05, 4.69) is 26.2 Å². The molecule has 158 valence electrons. The Balaban J connectivity index is 1.59. The van der Waals surface area contributed by atoms with Gasteiger partial charge in [0, 0.05) is 27.5 Å². The number of benzene rings is 2. The van der Waals surface area contributed by atoms with E-state index in [0.29, 0.717) is 4.88 Å². The summed E-state index contributed by atoms with van der Waals surface area (Å²) in [4.78, 5) is 29.4. The Hall–Kier alpha value is -2.97. The normalized spacial score (nSPS) is 13.6. The van der Waals surface area contributed by atoms with Gasteiger partial charge in [-0.2, -0.15) is 0 Å². The van der Waals surface area contributed by atoms with Gasteiger partial charge in [-0.05, 0) is 56.2 Å². The molecule has 0 fully saturated rings. The first kappa shape index (κ1) is 21.3. The number of amides is 1. The third-order valence-corrected chi connectivity index (χ3v) is 6.44. The lowest BCUT2D eigenvalue weighted by Crippen LogP contribution is -2.24. The minimum atomic E-state index is -0.402. The van der Waals surface area contributed by atoms with Crippen LogP contribution in [0.4, 0.5) is 11.4 Å². The van der Waals surface area contributed by atoms with Crippen LogP contribution in [0, 0.1) is 20.8 Å². The van der Waals surface area contributed by atoms with Crippen LogP contribution in [0.25, 0.3) is 11.6 Å². The predicted molar refractivity (Wildman–Crippen MR) is 130 cm³/mol. The molecule has 31 heavy (non-hydrogen) atoms. The van der Waals surface area contributed by atoms with Crippen LogP contribution in [0.5, 0.6) is 5.88 Å². The van der Waals surface area contributed by atoms with Crippen molar-refractivity contribution in [3.63, 3.8) is 0 Å². The minimum Gasteiger partial charge on any atom is -0.493 e. The molecule has 2 heterocycles. The van der Waals surface area contributed by atoms with Gasteiger partial charge >= 0.3 is 4.87 Å². The standard InChI is InChI=1S/C23H20BrN3O3S/c1-12-6-13(2)21(14(3)7-12)26-20(28)11-27-22(29)19(31-23(27)30)8-15-10-25-18-5-4-16(24)9-17(15)18/h4-10,29H,11H2,1-3H3,(H,26,28). The number of aromatic nitrogens is 1. The molecule has 4 rings (SSSR count). The summed E-state index contributed by atoms with van der Waals surface area (Å²) in [7, 11) is 0. The maximum atomic E-state index is 12.6. The first-order chi connectivity index (χ1) is 14.7. The third-order valence-electron chi connectivity index (χ3n) is 5.04. The van der Waals surface area contributed by atoms with E-state index in [9.17, 15) is 14.7 Å². The lowest BCUT2D eigenvalue weighted by molar-refractivity contribution is -0.116. The molecule has 1 amide bonds. The SMILES string of the molecule is Cc1cc(C)c(NC(=O)Cn2c(O)c(C=C3C=Nc4ccc(Br)cc43)sc2=O)c(C)c1. The van der Waals surface area contributed by atoms with Crippen LogP contribution >= 0.6 is 27.3 Å². The lowest BCUT2D eigenvalue weighted by atomic mass is 10.1. The molecule has 0 spiro atoms. The number of hydrogen-bond donors (Lipinski definition) is 2. The highest BCUT2D eigenvalue weighted by atomic mass is 79.9. The van der Waals surface area contributed by atoms with Gasteiger partial charge in [0.25, 0.3) is 0 Å². The fraction of sp³-hybridized carbons (Fsp3) is 0.174. The second kappa shape index (κ2) is 8.28. The second-order valence-electron chi connectivity index (χ2n) is 7.48. The maximum Gasteiger partial charge on any atom is 0.311 e. The van der Waals surface area contributed by atoms with Crippen molar-refractivity contribution in [3.8, 4) is 5.88 Å². The molecule has 0 atom stereocenters. The van der Waals surface area contributed by atoms with Gasteiger partial charge < -0.3 is 10.4 Å². The molecule has 0 bridgehead atoms. The molecule has 3 aromatic rings. The number of carbonyl (C=O) groups is 1. The van der Waals surface area contributed by atoms with Crippen molar-refractivity contribution >= 4 is 62.4 Å². The number of hydrogen-bond acceptors (Lipinski definition) is 5. The number of thiazole rings is 1. The number of fused-ring (bicyclic) bond motifs is 1. The number of nitrogens with one attached hydrogen (secondary N) is 1. The summed E-state index contributed by atoms with van der Waals surface area (Å²) in [5.74, 6) is -0.604. The van der Waals surface area contributed by atoms with E-state index in [1.165, 1.54) is 0 Å². The number of aryl methyl sites for hydroxylation is 3. The number of carbonyl (C=O) groups excluding carboxylic acids is 1. The molecule has 8 heteroatoms. The highest BCUT2D eigenvalue weighted by molar-refractivity contribution is 9.10. The summed E-state index contributed by atoms with van der Waals surface area (Å²) in [6, 6.07) is 9.71. The summed E-state index contributed by atoms with van der Waals surface area (Å²) in [5.41, 5.74) is 6.25. The fourth-order valence-electron chi connectivity index (χ4n) is 3.66. The average Bonchev–Trinajstić information content (AvgIpc) is 3.20. The summed E-state index contributed by atoms with van der Waals surface area (Å²) < 4.78 is 2.00. The maximum absolute atomic E-state index is 12.6. The summed E-state index contributed by atoms with van der Waals surface area (Å²) in [6.45, 7) is 5.57. The average molecular weight is 498 g/mol. The first-order valence-corrected chi connectivity index (χ1v) is 11.2. The minimum absolute atomic E-state index is 0.230. The first-order valence-electron chi connectivity index (χ1n) is 9.59. The molecule has 0 saturated carbocycles. The van der Waals surface area contributed by atoms with Crippen molar-refractivity contribution in [3.05, 3.63) is 71.6 Å². The Morgan fingerprint density at radius 3 is 2.65 bits per heavy atom. The topological polar surface area (TPSA) is 83.7 Å². The third kappa shape index (κ3) is 4.26. The van der Waals surface area contributed by atoms with E-state index in [1.54, 1.807) is 12.3 Å². The van der Waals surface area contributed by atoms with Crippen molar-refractivity contribution in [1.29, 1.82) is 0 Å². The van der Waals surface area contributed by atoms with Crippen molar-refractivity contribution in [2.75, 3.05) is 5.32 Å². The van der Waals surface area contributed by atoms with Crippen molar-refractivity contribution < 1.29 is 9.90 Å². The van der Waals surface area contributed by atoms with E-state index in [0.717, 1.165) is 59.6 Å². The van der Waals surface area contributed by atoms with Gasteiger partial charge in [0.05, 0.1) is 10.6 Å². The number of halogens is 1. The Kier molecular flexibility index (Phi) is 5.68. The van der Waals surface area contributed by atoms with E-state index in [-0.39, 0.29) is 18.3 Å². The number of allylic oxidation sites excluding steroid dienone is 1. The Labute approximate surface area is 191 Å². The predicted octanol–water partition coefficient (Wildman–Crippen LogP) is 5.20. The summed E-state index contributed by atoms with van der Waals surface area (Å²) in [6.07, 6.45) is 3.41. The number of aliphatic imine (C=N–C) groups is 1. The van der Waals surface area contributed by atoms with Crippen LogP contribution in [0.2, 0.25) is 0 Å². The summed E-state index contributed by atoms with van der Waals surface area (Å²) in [5, 5.41) is 13.5. The molecule has 0 aliphatic carbocycles. The smallest absolute Gasteiger partial charge is 0.311 e. The number of anilines is 1.